The monoisotopic (exact) mass is 285 g/mol. The van der Waals surface area contributed by atoms with Gasteiger partial charge in [-0.2, -0.15) is 0 Å². The van der Waals surface area contributed by atoms with Crippen molar-refractivity contribution in [1.82, 2.24) is 5.32 Å². The first-order valence-corrected chi connectivity index (χ1v) is 6.29. The number of nitrogens with one attached hydrogen (secondary N) is 1. The predicted octanol–water partition coefficient (Wildman–Crippen LogP) is 2.61. The Morgan fingerprint density at radius 3 is 2.58 bits per heavy atom. The second kappa shape index (κ2) is 5.17. The molecule has 1 aromatic rings. The van der Waals surface area contributed by atoms with Gasteiger partial charge in [0.25, 0.3) is 5.91 Å². The van der Waals surface area contributed by atoms with E-state index in [4.69, 9.17) is 16.7 Å². The summed E-state index contributed by atoms with van der Waals surface area (Å²) in [5, 5.41) is 11.5. The van der Waals surface area contributed by atoms with Crippen LogP contribution in [-0.4, -0.2) is 22.5 Å². The van der Waals surface area contributed by atoms with Crippen LogP contribution in [0.25, 0.3) is 0 Å². The van der Waals surface area contributed by atoms with Gasteiger partial charge in [-0.25, -0.2) is 4.39 Å². The van der Waals surface area contributed by atoms with Crippen molar-refractivity contribution in [2.45, 2.75) is 31.2 Å². The Labute approximate surface area is 114 Å². The minimum absolute atomic E-state index is 0.0551. The second-order valence-electron chi connectivity index (χ2n) is 4.79. The molecule has 1 aliphatic carbocycles. The number of carbonyl (C=O) groups is 2. The first-order chi connectivity index (χ1) is 8.92. The molecule has 0 bridgehead atoms. The molecule has 19 heavy (non-hydrogen) atoms. The van der Waals surface area contributed by atoms with E-state index in [1.807, 2.05) is 0 Å². The van der Waals surface area contributed by atoms with Gasteiger partial charge in [-0.3, -0.25) is 9.59 Å². The van der Waals surface area contributed by atoms with E-state index in [0.717, 1.165) is 12.5 Å². The maximum absolute atomic E-state index is 13.3. The van der Waals surface area contributed by atoms with E-state index in [2.05, 4.69) is 5.32 Å². The highest BCUT2D eigenvalue weighted by Crippen LogP contribution is 2.35. The number of amides is 1. The molecule has 1 fully saturated rings. The zero-order chi connectivity index (χ0) is 14.0. The molecular formula is C13H13ClFNO3. The highest BCUT2D eigenvalue weighted by atomic mass is 35.5. The third-order valence-electron chi connectivity index (χ3n) is 3.36. The molecule has 0 spiro atoms. The summed E-state index contributed by atoms with van der Waals surface area (Å²) in [5.41, 5.74) is -0.558. The van der Waals surface area contributed by atoms with Gasteiger partial charge in [0.05, 0.1) is 17.0 Å². The van der Waals surface area contributed by atoms with Crippen LogP contribution in [-0.2, 0) is 4.79 Å². The third-order valence-corrected chi connectivity index (χ3v) is 3.67. The fourth-order valence-electron chi connectivity index (χ4n) is 2.19. The quantitative estimate of drug-likeness (QED) is 0.893. The topological polar surface area (TPSA) is 66.4 Å². The zero-order valence-electron chi connectivity index (χ0n) is 10.1. The van der Waals surface area contributed by atoms with Gasteiger partial charge in [0.2, 0.25) is 0 Å². The number of hydrogen-bond donors (Lipinski definition) is 2. The van der Waals surface area contributed by atoms with Gasteiger partial charge in [0, 0.05) is 5.56 Å². The first-order valence-electron chi connectivity index (χ1n) is 5.91. The summed E-state index contributed by atoms with van der Waals surface area (Å²) < 4.78 is 13.3. The largest absolute Gasteiger partial charge is 0.481 e. The molecule has 1 amide bonds. The Morgan fingerprint density at radius 2 is 2.11 bits per heavy atom. The lowest BCUT2D eigenvalue weighted by atomic mass is 9.74. The minimum Gasteiger partial charge on any atom is -0.481 e. The molecule has 0 aromatic heterocycles. The van der Waals surface area contributed by atoms with Crippen LogP contribution < -0.4 is 5.32 Å². The fraction of sp³-hybridized carbons (Fsp3) is 0.385. The fourth-order valence-corrected chi connectivity index (χ4v) is 2.31. The Hall–Kier alpha value is -1.62. The van der Waals surface area contributed by atoms with Crippen molar-refractivity contribution in [2.75, 3.05) is 0 Å². The number of carboxylic acid groups (broad SMARTS) is 1. The molecule has 1 saturated carbocycles. The number of carbonyl (C=O) groups excluding carboxylic acids is 1. The highest BCUT2D eigenvalue weighted by molar-refractivity contribution is 6.30. The van der Waals surface area contributed by atoms with E-state index in [9.17, 15) is 14.0 Å². The maximum atomic E-state index is 13.3. The number of carboxylic acids is 1. The first kappa shape index (κ1) is 13.8. The molecule has 0 heterocycles. The molecule has 4 nitrogen and oxygen atoms in total. The number of hydrogen-bond acceptors (Lipinski definition) is 2. The van der Waals surface area contributed by atoms with Gasteiger partial charge >= 0.3 is 5.97 Å². The molecule has 2 rings (SSSR count). The molecule has 6 heteroatoms. The molecule has 102 valence electrons. The van der Waals surface area contributed by atoms with Crippen LogP contribution >= 0.6 is 11.6 Å². The summed E-state index contributed by atoms with van der Waals surface area (Å²) in [7, 11) is 0. The average molecular weight is 286 g/mol. The molecule has 0 atom stereocenters. The van der Waals surface area contributed by atoms with E-state index in [1.54, 1.807) is 0 Å². The van der Waals surface area contributed by atoms with Crippen LogP contribution in [0.2, 0.25) is 5.02 Å². The predicted molar refractivity (Wildman–Crippen MR) is 67.7 cm³/mol. The molecule has 1 aliphatic rings. The molecule has 1 aromatic carbocycles. The summed E-state index contributed by atoms with van der Waals surface area (Å²) in [6.45, 7) is 0. The van der Waals surface area contributed by atoms with Crippen molar-refractivity contribution in [3.8, 4) is 0 Å². The molecular weight excluding hydrogens is 273 g/mol. The normalized spacial score (nSPS) is 16.5. The summed E-state index contributed by atoms with van der Waals surface area (Å²) in [6.07, 6.45) is 2.01. The minimum atomic E-state index is -0.956. The van der Waals surface area contributed by atoms with E-state index in [0.29, 0.717) is 12.8 Å². The second-order valence-corrected chi connectivity index (χ2v) is 5.19. The maximum Gasteiger partial charge on any atom is 0.305 e. The van der Waals surface area contributed by atoms with Gasteiger partial charge in [0.15, 0.2) is 0 Å². The summed E-state index contributed by atoms with van der Waals surface area (Å²) in [6, 6.07) is 3.76. The number of aliphatic carboxylic acids is 1. The van der Waals surface area contributed by atoms with Gasteiger partial charge in [-0.15, -0.1) is 0 Å². The van der Waals surface area contributed by atoms with E-state index >= 15 is 0 Å². The number of rotatable bonds is 4. The Bertz CT molecular complexity index is 529. The molecule has 0 radical (unpaired) electrons. The smallest absolute Gasteiger partial charge is 0.305 e. The van der Waals surface area contributed by atoms with Gasteiger partial charge < -0.3 is 10.4 Å². The van der Waals surface area contributed by atoms with Crippen LogP contribution in [0, 0.1) is 5.82 Å². The Morgan fingerprint density at radius 1 is 1.42 bits per heavy atom. The van der Waals surface area contributed by atoms with Crippen LogP contribution in [0.4, 0.5) is 4.39 Å². The molecule has 0 unspecified atom stereocenters. The van der Waals surface area contributed by atoms with Crippen LogP contribution in [0.15, 0.2) is 18.2 Å². The van der Waals surface area contributed by atoms with Crippen molar-refractivity contribution in [3.05, 3.63) is 34.6 Å². The summed E-state index contributed by atoms with van der Waals surface area (Å²) >= 11 is 5.54. The Balaban J connectivity index is 2.11. The van der Waals surface area contributed by atoms with E-state index in [1.165, 1.54) is 12.1 Å². The van der Waals surface area contributed by atoms with E-state index in [-0.39, 0.29) is 17.0 Å². The van der Waals surface area contributed by atoms with Crippen molar-refractivity contribution in [2.24, 2.45) is 0 Å². The zero-order valence-corrected chi connectivity index (χ0v) is 10.8. The van der Waals surface area contributed by atoms with Crippen molar-refractivity contribution < 1.29 is 19.1 Å². The molecule has 0 aliphatic heterocycles. The Kier molecular flexibility index (Phi) is 3.75. The van der Waals surface area contributed by atoms with Gasteiger partial charge in [0.1, 0.15) is 5.82 Å². The summed E-state index contributed by atoms with van der Waals surface area (Å²) in [4.78, 5) is 22.8. The lowest BCUT2D eigenvalue weighted by molar-refractivity contribution is -0.139. The third kappa shape index (κ3) is 3.04. The van der Waals surface area contributed by atoms with Crippen LogP contribution in [0.3, 0.4) is 0 Å². The van der Waals surface area contributed by atoms with Crippen molar-refractivity contribution in [1.29, 1.82) is 0 Å². The van der Waals surface area contributed by atoms with E-state index < -0.39 is 23.2 Å². The lowest BCUT2D eigenvalue weighted by Gasteiger charge is -2.41. The number of halogens is 2. The van der Waals surface area contributed by atoms with Crippen molar-refractivity contribution >= 4 is 23.5 Å². The highest BCUT2D eigenvalue weighted by Gasteiger charge is 2.40. The standard InChI is InChI=1S/C13H13ClFNO3/c14-9-3-2-8(6-10(9)15)12(19)16-13(4-1-5-13)7-11(17)18/h2-3,6H,1,4-5,7H2,(H,16,19)(H,17,18). The molecule has 2 N–H and O–H groups in total. The van der Waals surface area contributed by atoms with Gasteiger partial charge in [-0.1, -0.05) is 11.6 Å². The average Bonchev–Trinajstić information content (AvgIpc) is 2.29. The number of benzene rings is 1. The van der Waals surface area contributed by atoms with Crippen LogP contribution in [0.1, 0.15) is 36.0 Å². The SMILES string of the molecule is O=C(O)CC1(NC(=O)c2ccc(Cl)c(F)c2)CCC1. The van der Waals surface area contributed by atoms with Crippen LogP contribution in [0.5, 0.6) is 0 Å². The van der Waals surface area contributed by atoms with Crippen molar-refractivity contribution in [3.63, 3.8) is 0 Å². The van der Waals surface area contributed by atoms with Gasteiger partial charge in [-0.05, 0) is 37.5 Å². The molecule has 0 saturated heterocycles. The summed E-state index contributed by atoms with van der Waals surface area (Å²) in [5.74, 6) is -2.10. The lowest BCUT2D eigenvalue weighted by Crippen LogP contribution is -2.54.